The van der Waals surface area contributed by atoms with Crippen LogP contribution < -0.4 is 0 Å². The quantitative estimate of drug-likeness (QED) is 0.465. The van der Waals surface area contributed by atoms with Gasteiger partial charge < -0.3 is 0 Å². The zero-order valence-corrected chi connectivity index (χ0v) is 5.69. The first-order valence-electron chi connectivity index (χ1n) is 3.08. The highest BCUT2D eigenvalue weighted by atomic mass is 16.1. The number of carbonyl (C=O) groups is 1. The molecule has 0 aromatic carbocycles. The largest absolute Gasteiger partial charge is 0.299 e. The van der Waals surface area contributed by atoms with E-state index in [1.54, 1.807) is 0 Å². The lowest BCUT2D eigenvalue weighted by atomic mass is 9.62. The van der Waals surface area contributed by atoms with Crippen LogP contribution in [-0.4, -0.2) is 5.78 Å². The maximum atomic E-state index is 10.8. The van der Waals surface area contributed by atoms with E-state index in [1.807, 2.05) is 13.8 Å². The van der Waals surface area contributed by atoms with Crippen LogP contribution in [0.25, 0.3) is 0 Å². The molecule has 1 heteroatoms. The molecule has 1 nitrogen and oxygen atoms in total. The van der Waals surface area contributed by atoms with Crippen molar-refractivity contribution >= 4 is 5.78 Å². The number of hydrogen-bond acceptors (Lipinski definition) is 1. The Morgan fingerprint density at radius 2 is 2.12 bits per heavy atom. The van der Waals surface area contributed by atoms with Crippen molar-refractivity contribution in [2.45, 2.75) is 27.2 Å². The molecule has 46 valence electrons. The summed E-state index contributed by atoms with van der Waals surface area (Å²) in [5, 5.41) is 0. The lowest BCUT2D eigenvalue weighted by molar-refractivity contribution is -0.141. The topological polar surface area (TPSA) is 17.1 Å². The van der Waals surface area contributed by atoms with E-state index < -0.39 is 0 Å². The Kier molecular flexibility index (Phi) is 0.969. The molecule has 0 aromatic rings. The monoisotopic (exact) mass is 112 g/mol. The Morgan fingerprint density at radius 3 is 2.12 bits per heavy atom. The molecule has 0 saturated heterocycles. The van der Waals surface area contributed by atoms with Gasteiger partial charge in [-0.2, -0.15) is 0 Å². The molecule has 1 atom stereocenters. The second kappa shape index (κ2) is 1.34. The van der Waals surface area contributed by atoms with Gasteiger partial charge in [-0.1, -0.05) is 20.8 Å². The maximum Gasteiger partial charge on any atom is 0.139 e. The van der Waals surface area contributed by atoms with E-state index in [-0.39, 0.29) is 5.41 Å². The third-order valence-corrected chi connectivity index (χ3v) is 2.44. The SMILES string of the molecule is C[C@@H]1CC(=O)C1(C)C. The van der Waals surface area contributed by atoms with Gasteiger partial charge in [0.15, 0.2) is 0 Å². The van der Waals surface area contributed by atoms with Crippen LogP contribution in [0.5, 0.6) is 0 Å². The molecule has 1 rings (SSSR count). The molecule has 0 amide bonds. The van der Waals surface area contributed by atoms with E-state index in [0.717, 1.165) is 6.42 Å². The molecule has 0 N–H and O–H groups in total. The Morgan fingerprint density at radius 1 is 1.62 bits per heavy atom. The van der Waals surface area contributed by atoms with Crippen LogP contribution in [0.1, 0.15) is 27.2 Å². The van der Waals surface area contributed by atoms with Crippen LogP contribution in [-0.2, 0) is 4.79 Å². The Hall–Kier alpha value is -0.330. The van der Waals surface area contributed by atoms with E-state index in [1.165, 1.54) is 0 Å². The van der Waals surface area contributed by atoms with E-state index in [2.05, 4.69) is 6.92 Å². The van der Waals surface area contributed by atoms with Crippen molar-refractivity contribution in [1.29, 1.82) is 0 Å². The molecule has 0 unspecified atom stereocenters. The molecule has 1 aliphatic carbocycles. The fraction of sp³-hybridized carbons (Fsp3) is 0.857. The molecule has 0 aromatic heterocycles. The van der Waals surface area contributed by atoms with E-state index in [4.69, 9.17) is 0 Å². The first-order chi connectivity index (χ1) is 3.55. The van der Waals surface area contributed by atoms with Crippen molar-refractivity contribution in [1.82, 2.24) is 0 Å². The average molecular weight is 112 g/mol. The predicted octanol–water partition coefficient (Wildman–Crippen LogP) is 1.62. The van der Waals surface area contributed by atoms with Crippen LogP contribution in [0.15, 0.2) is 0 Å². The second-order valence-electron chi connectivity index (χ2n) is 3.25. The zero-order valence-electron chi connectivity index (χ0n) is 5.69. The van der Waals surface area contributed by atoms with Gasteiger partial charge in [0, 0.05) is 11.8 Å². The van der Waals surface area contributed by atoms with Gasteiger partial charge in [-0.25, -0.2) is 0 Å². The summed E-state index contributed by atoms with van der Waals surface area (Å²) < 4.78 is 0. The van der Waals surface area contributed by atoms with Gasteiger partial charge in [-0.15, -0.1) is 0 Å². The first kappa shape index (κ1) is 5.80. The van der Waals surface area contributed by atoms with Crippen LogP contribution >= 0.6 is 0 Å². The summed E-state index contributed by atoms with van der Waals surface area (Å²) in [4.78, 5) is 10.8. The lowest BCUT2D eigenvalue weighted by Crippen LogP contribution is -2.43. The molecule has 0 heterocycles. The van der Waals surface area contributed by atoms with Crippen molar-refractivity contribution in [3.63, 3.8) is 0 Å². The van der Waals surface area contributed by atoms with E-state index in [0.29, 0.717) is 11.7 Å². The number of Topliss-reactive ketones (excluding diaryl/α,β-unsaturated/α-hetero) is 1. The molecule has 8 heavy (non-hydrogen) atoms. The molecule has 0 spiro atoms. The van der Waals surface area contributed by atoms with Crippen LogP contribution in [0.2, 0.25) is 0 Å². The highest BCUT2D eigenvalue weighted by Gasteiger charge is 2.43. The summed E-state index contributed by atoms with van der Waals surface area (Å²) >= 11 is 0. The molecule has 0 bridgehead atoms. The van der Waals surface area contributed by atoms with E-state index >= 15 is 0 Å². The minimum absolute atomic E-state index is 0. The summed E-state index contributed by atoms with van der Waals surface area (Å²) in [6.45, 7) is 6.16. The standard InChI is InChI=1S/C7H12O/c1-5-4-6(8)7(5,2)3/h5H,4H2,1-3H3/t5-/m1/s1. The zero-order chi connectivity index (χ0) is 6.36. The van der Waals surface area contributed by atoms with Crippen molar-refractivity contribution < 1.29 is 4.79 Å². The van der Waals surface area contributed by atoms with Crippen LogP contribution in [0, 0.1) is 11.3 Å². The van der Waals surface area contributed by atoms with Crippen molar-refractivity contribution in [2.75, 3.05) is 0 Å². The van der Waals surface area contributed by atoms with Crippen molar-refractivity contribution in [3.8, 4) is 0 Å². The van der Waals surface area contributed by atoms with Crippen molar-refractivity contribution in [3.05, 3.63) is 0 Å². The number of rotatable bonds is 0. The van der Waals surface area contributed by atoms with E-state index in [9.17, 15) is 4.79 Å². The summed E-state index contributed by atoms with van der Waals surface area (Å²) in [5.74, 6) is 1.03. The van der Waals surface area contributed by atoms with Crippen molar-refractivity contribution in [2.24, 2.45) is 11.3 Å². The number of carbonyl (C=O) groups excluding carboxylic acids is 1. The Bertz CT molecular complexity index is 124. The molecule has 1 fully saturated rings. The van der Waals surface area contributed by atoms with Gasteiger partial charge in [0.05, 0.1) is 0 Å². The first-order valence-corrected chi connectivity index (χ1v) is 3.08. The lowest BCUT2D eigenvalue weighted by Gasteiger charge is -2.40. The highest BCUT2D eigenvalue weighted by molar-refractivity contribution is 5.90. The molecule has 1 aliphatic rings. The minimum Gasteiger partial charge on any atom is -0.299 e. The fourth-order valence-corrected chi connectivity index (χ4v) is 0.940. The van der Waals surface area contributed by atoms with Gasteiger partial charge in [0.2, 0.25) is 0 Å². The third kappa shape index (κ3) is 0.504. The smallest absolute Gasteiger partial charge is 0.139 e. The Balaban J connectivity index is 2.66. The highest BCUT2D eigenvalue weighted by Crippen LogP contribution is 2.41. The normalized spacial score (nSPS) is 34.4. The molecular weight excluding hydrogens is 100 g/mol. The summed E-state index contributed by atoms with van der Waals surface area (Å²) in [6, 6.07) is 0. The molecular formula is C7H12O. The predicted molar refractivity (Wildman–Crippen MR) is 32.6 cm³/mol. The number of ketones is 1. The third-order valence-electron chi connectivity index (χ3n) is 2.44. The summed E-state index contributed by atoms with van der Waals surface area (Å²) in [7, 11) is 0. The minimum atomic E-state index is 0. The van der Waals surface area contributed by atoms with Crippen LogP contribution in [0.3, 0.4) is 0 Å². The number of hydrogen-bond donors (Lipinski definition) is 0. The van der Waals surface area contributed by atoms with Crippen LogP contribution in [0.4, 0.5) is 0 Å². The fourth-order valence-electron chi connectivity index (χ4n) is 0.940. The van der Waals surface area contributed by atoms with Gasteiger partial charge in [0.25, 0.3) is 0 Å². The summed E-state index contributed by atoms with van der Waals surface area (Å²) in [6.07, 6.45) is 0.799. The van der Waals surface area contributed by atoms with Gasteiger partial charge in [-0.05, 0) is 5.92 Å². The average Bonchev–Trinajstić information content (AvgIpc) is 1.68. The van der Waals surface area contributed by atoms with Gasteiger partial charge >= 0.3 is 0 Å². The maximum absolute atomic E-state index is 10.8. The second-order valence-corrected chi connectivity index (χ2v) is 3.25. The molecule has 0 aliphatic heterocycles. The Labute approximate surface area is 50.1 Å². The van der Waals surface area contributed by atoms with Gasteiger partial charge in [0.1, 0.15) is 5.78 Å². The van der Waals surface area contributed by atoms with Gasteiger partial charge in [-0.3, -0.25) is 4.79 Å². The molecule has 1 saturated carbocycles. The molecule has 0 radical (unpaired) electrons. The summed E-state index contributed by atoms with van der Waals surface area (Å²) in [5.41, 5.74) is 0.